The van der Waals surface area contributed by atoms with Gasteiger partial charge in [0.2, 0.25) is 10.0 Å². The number of amides is 1. The Balaban J connectivity index is 1.78. The molecule has 0 bridgehead atoms. The van der Waals surface area contributed by atoms with E-state index in [1.165, 1.54) is 9.21 Å². The first-order valence-electron chi connectivity index (χ1n) is 9.31. The van der Waals surface area contributed by atoms with Gasteiger partial charge < -0.3 is 4.90 Å². The van der Waals surface area contributed by atoms with Crippen LogP contribution in [0.25, 0.3) is 0 Å². The standard InChI is InChI=1S/C19H20N4O7S/c1-13-3-4-18(14(2)9-13)31(29,30)21-7-5-20(6-8-21)19(24)15-10-16(22(25)26)12-17(11-15)23(27)28/h3-4,9-12H,5-8H2,1-2H3. The summed E-state index contributed by atoms with van der Waals surface area (Å²) < 4.78 is 27.2. The third-order valence-electron chi connectivity index (χ3n) is 5.05. The van der Waals surface area contributed by atoms with E-state index in [0.29, 0.717) is 5.56 Å². The molecule has 0 radical (unpaired) electrons. The first-order chi connectivity index (χ1) is 14.5. The lowest BCUT2D eigenvalue weighted by molar-refractivity contribution is -0.394. The van der Waals surface area contributed by atoms with Gasteiger partial charge in [-0.1, -0.05) is 17.7 Å². The minimum absolute atomic E-state index is 0.0401. The van der Waals surface area contributed by atoms with Crippen molar-refractivity contribution in [2.75, 3.05) is 26.2 Å². The van der Waals surface area contributed by atoms with Crippen LogP contribution in [0.3, 0.4) is 0 Å². The Kier molecular flexibility index (Phi) is 6.04. The summed E-state index contributed by atoms with van der Waals surface area (Å²) in [5.41, 5.74) is 0.258. The highest BCUT2D eigenvalue weighted by Gasteiger charge is 2.32. The summed E-state index contributed by atoms with van der Waals surface area (Å²) in [7, 11) is -3.74. The van der Waals surface area contributed by atoms with Crippen molar-refractivity contribution in [3.8, 4) is 0 Å². The van der Waals surface area contributed by atoms with Gasteiger partial charge in [0, 0.05) is 38.3 Å². The van der Waals surface area contributed by atoms with E-state index in [0.717, 1.165) is 23.8 Å². The monoisotopic (exact) mass is 448 g/mol. The summed E-state index contributed by atoms with van der Waals surface area (Å²) in [4.78, 5) is 34.8. The highest BCUT2D eigenvalue weighted by Crippen LogP contribution is 2.25. The molecule has 0 N–H and O–H groups in total. The fourth-order valence-corrected chi connectivity index (χ4v) is 5.10. The Hall–Kier alpha value is -3.38. The van der Waals surface area contributed by atoms with Crippen LogP contribution < -0.4 is 0 Å². The number of hydrogen-bond donors (Lipinski definition) is 0. The molecule has 1 aliphatic heterocycles. The van der Waals surface area contributed by atoms with Crippen LogP contribution in [0.4, 0.5) is 11.4 Å². The summed E-state index contributed by atoms with van der Waals surface area (Å²) in [6.45, 7) is 3.77. The predicted octanol–water partition coefficient (Wildman–Crippen LogP) is 2.27. The molecule has 0 atom stereocenters. The molecule has 0 spiro atoms. The zero-order valence-electron chi connectivity index (χ0n) is 16.8. The van der Waals surface area contributed by atoms with Crippen LogP contribution in [0, 0.1) is 34.1 Å². The Labute approximate surface area is 178 Å². The number of nitrogens with zero attached hydrogens (tertiary/aromatic N) is 4. The summed E-state index contributed by atoms with van der Waals surface area (Å²) in [5.74, 6) is -0.629. The molecule has 3 rings (SSSR count). The van der Waals surface area contributed by atoms with Crippen LogP contribution in [0.5, 0.6) is 0 Å². The number of rotatable bonds is 5. The maximum atomic E-state index is 13.0. The number of carbonyl (C=O) groups excluding carboxylic acids is 1. The van der Waals surface area contributed by atoms with Crippen molar-refractivity contribution in [2.45, 2.75) is 18.7 Å². The molecule has 164 valence electrons. The molecule has 1 amide bonds. The number of nitro groups is 2. The van der Waals surface area contributed by atoms with Gasteiger partial charge in [-0.05, 0) is 25.5 Å². The van der Waals surface area contributed by atoms with Crippen LogP contribution in [-0.2, 0) is 10.0 Å². The normalized spacial score (nSPS) is 15.0. The second-order valence-electron chi connectivity index (χ2n) is 7.22. The van der Waals surface area contributed by atoms with E-state index >= 15 is 0 Å². The molecule has 2 aromatic rings. The Morgan fingerprint density at radius 2 is 1.45 bits per heavy atom. The van der Waals surface area contributed by atoms with Gasteiger partial charge in [-0.25, -0.2) is 8.42 Å². The van der Waals surface area contributed by atoms with Crippen LogP contribution in [0.2, 0.25) is 0 Å². The maximum absolute atomic E-state index is 13.0. The van der Waals surface area contributed by atoms with Gasteiger partial charge in [0.15, 0.2) is 0 Å². The smallest absolute Gasteiger partial charge is 0.277 e. The van der Waals surface area contributed by atoms with Gasteiger partial charge in [0.25, 0.3) is 17.3 Å². The van der Waals surface area contributed by atoms with E-state index in [2.05, 4.69) is 0 Å². The largest absolute Gasteiger partial charge is 0.336 e. The minimum atomic E-state index is -3.74. The van der Waals surface area contributed by atoms with Crippen molar-refractivity contribution in [3.63, 3.8) is 0 Å². The number of hydrogen-bond acceptors (Lipinski definition) is 7. The predicted molar refractivity (Wildman–Crippen MR) is 110 cm³/mol. The molecule has 1 saturated heterocycles. The Bertz CT molecular complexity index is 1140. The van der Waals surface area contributed by atoms with Crippen molar-refractivity contribution in [1.29, 1.82) is 0 Å². The molecule has 0 aliphatic carbocycles. The topological polar surface area (TPSA) is 144 Å². The molecule has 2 aromatic carbocycles. The van der Waals surface area contributed by atoms with Crippen LogP contribution in [0.15, 0.2) is 41.3 Å². The lowest BCUT2D eigenvalue weighted by atomic mass is 10.1. The van der Waals surface area contributed by atoms with E-state index in [-0.39, 0.29) is 36.6 Å². The van der Waals surface area contributed by atoms with Crippen LogP contribution in [0.1, 0.15) is 21.5 Å². The molecule has 1 heterocycles. The lowest BCUT2D eigenvalue weighted by Crippen LogP contribution is -2.50. The van der Waals surface area contributed by atoms with Crippen molar-refractivity contribution in [1.82, 2.24) is 9.21 Å². The first-order valence-corrected chi connectivity index (χ1v) is 10.8. The van der Waals surface area contributed by atoms with E-state index in [1.807, 2.05) is 6.92 Å². The lowest BCUT2D eigenvalue weighted by Gasteiger charge is -2.34. The number of nitro benzene ring substituents is 2. The second-order valence-corrected chi connectivity index (χ2v) is 9.12. The third-order valence-corrected chi connectivity index (χ3v) is 7.10. The molecule has 31 heavy (non-hydrogen) atoms. The number of sulfonamides is 1. The summed E-state index contributed by atoms with van der Waals surface area (Å²) in [5, 5.41) is 22.1. The number of benzene rings is 2. The number of piperazine rings is 1. The summed E-state index contributed by atoms with van der Waals surface area (Å²) in [6, 6.07) is 7.80. The van der Waals surface area contributed by atoms with Crippen LogP contribution in [-0.4, -0.2) is 59.6 Å². The fraction of sp³-hybridized carbons (Fsp3) is 0.316. The molecular formula is C19H20N4O7S. The van der Waals surface area contributed by atoms with Gasteiger partial charge in [-0.15, -0.1) is 0 Å². The van der Waals surface area contributed by atoms with E-state index in [9.17, 15) is 33.4 Å². The van der Waals surface area contributed by atoms with E-state index in [1.54, 1.807) is 25.1 Å². The van der Waals surface area contributed by atoms with Gasteiger partial charge >= 0.3 is 0 Å². The van der Waals surface area contributed by atoms with Crippen LogP contribution >= 0.6 is 0 Å². The van der Waals surface area contributed by atoms with Crippen molar-refractivity contribution >= 4 is 27.3 Å². The fourth-order valence-electron chi connectivity index (χ4n) is 3.47. The minimum Gasteiger partial charge on any atom is -0.336 e. The van der Waals surface area contributed by atoms with Gasteiger partial charge in [-0.2, -0.15) is 4.31 Å². The first kappa shape index (κ1) is 22.3. The molecule has 1 fully saturated rings. The van der Waals surface area contributed by atoms with E-state index < -0.39 is 37.2 Å². The molecule has 12 heteroatoms. The zero-order chi connectivity index (χ0) is 22.9. The van der Waals surface area contributed by atoms with Crippen molar-refractivity contribution in [3.05, 3.63) is 73.3 Å². The third kappa shape index (κ3) is 4.54. The summed E-state index contributed by atoms with van der Waals surface area (Å²) in [6.07, 6.45) is 0. The SMILES string of the molecule is Cc1ccc(S(=O)(=O)N2CCN(C(=O)c3cc([N+](=O)[O-])cc([N+](=O)[O-])c3)CC2)c(C)c1. The number of carbonyl (C=O) groups is 1. The Morgan fingerprint density at radius 3 is 1.94 bits per heavy atom. The molecule has 0 saturated carbocycles. The highest BCUT2D eigenvalue weighted by molar-refractivity contribution is 7.89. The maximum Gasteiger partial charge on any atom is 0.277 e. The molecule has 0 aromatic heterocycles. The van der Waals surface area contributed by atoms with Gasteiger partial charge in [0.05, 0.1) is 26.4 Å². The quantitative estimate of drug-likeness (QED) is 0.504. The molecular weight excluding hydrogens is 428 g/mol. The summed E-state index contributed by atoms with van der Waals surface area (Å²) >= 11 is 0. The van der Waals surface area contributed by atoms with Crippen molar-refractivity contribution in [2.24, 2.45) is 0 Å². The molecule has 0 unspecified atom stereocenters. The van der Waals surface area contributed by atoms with Gasteiger partial charge in [0.1, 0.15) is 0 Å². The number of non-ortho nitro benzene ring substituents is 2. The van der Waals surface area contributed by atoms with E-state index in [4.69, 9.17) is 0 Å². The highest BCUT2D eigenvalue weighted by atomic mass is 32.2. The zero-order valence-corrected chi connectivity index (χ0v) is 17.7. The average molecular weight is 448 g/mol. The van der Waals surface area contributed by atoms with Crippen molar-refractivity contribution < 1.29 is 23.1 Å². The molecule has 1 aliphatic rings. The second kappa shape index (κ2) is 8.40. The van der Waals surface area contributed by atoms with Gasteiger partial charge in [-0.3, -0.25) is 25.0 Å². The average Bonchev–Trinajstić information content (AvgIpc) is 2.72. The molecule has 11 nitrogen and oxygen atoms in total. The number of aryl methyl sites for hydroxylation is 2. The Morgan fingerprint density at radius 1 is 0.903 bits per heavy atom.